The van der Waals surface area contributed by atoms with Crippen molar-refractivity contribution in [3.63, 3.8) is 0 Å². The van der Waals surface area contributed by atoms with Crippen LogP contribution in [0.2, 0.25) is 0 Å². The van der Waals surface area contributed by atoms with Crippen molar-refractivity contribution in [1.82, 2.24) is 0 Å². The minimum atomic E-state index is -1.28. The van der Waals surface area contributed by atoms with Gasteiger partial charge in [0.2, 0.25) is 0 Å². The molecule has 3 nitrogen and oxygen atoms in total. The average molecular weight is 473 g/mol. The zero-order valence-electron chi connectivity index (χ0n) is 19.0. The van der Waals surface area contributed by atoms with Gasteiger partial charge in [0.25, 0.3) is 5.91 Å². The van der Waals surface area contributed by atoms with Gasteiger partial charge in [0.15, 0.2) is 0 Å². The molecule has 4 aromatic carbocycles. The highest BCUT2D eigenvalue weighted by molar-refractivity contribution is 7.08. The van der Waals surface area contributed by atoms with E-state index in [1.165, 1.54) is 0 Å². The number of anilines is 1. The number of para-hydroxylation sites is 1. The van der Waals surface area contributed by atoms with Crippen molar-refractivity contribution in [1.29, 1.82) is 0 Å². The molecule has 6 rings (SSSR count). The van der Waals surface area contributed by atoms with Crippen LogP contribution in [0.5, 0.6) is 0 Å². The normalized spacial score (nSPS) is 17.4. The minimum absolute atomic E-state index is 0.145. The fourth-order valence-electron chi connectivity index (χ4n) is 5.43. The Labute approximate surface area is 209 Å². The van der Waals surface area contributed by atoms with Gasteiger partial charge in [-0.25, -0.2) is 0 Å². The maximum absolute atomic E-state index is 14.8. The Morgan fingerprint density at radius 3 is 1.63 bits per heavy atom. The van der Waals surface area contributed by atoms with Crippen LogP contribution in [0, 0.1) is 0 Å². The van der Waals surface area contributed by atoms with E-state index in [1.54, 1.807) is 11.3 Å². The van der Waals surface area contributed by atoms with E-state index < -0.39 is 11.1 Å². The predicted molar refractivity (Wildman–Crippen MR) is 142 cm³/mol. The number of carbonyl (C=O) groups excluding carboxylic acids is 1. The number of nitrogens with zero attached hydrogens (tertiary/aromatic N) is 1. The van der Waals surface area contributed by atoms with Crippen LogP contribution in [-0.4, -0.2) is 5.91 Å². The second-order valence-corrected chi connectivity index (χ2v) is 9.57. The number of thiophene rings is 1. The van der Waals surface area contributed by atoms with Crippen LogP contribution in [0.1, 0.15) is 27.8 Å². The maximum Gasteiger partial charge on any atom is 0.257 e. The highest BCUT2D eigenvalue weighted by atomic mass is 32.1. The van der Waals surface area contributed by atoms with Crippen molar-refractivity contribution in [2.75, 3.05) is 4.90 Å². The third kappa shape index (κ3) is 3.04. The van der Waals surface area contributed by atoms with E-state index in [0.717, 1.165) is 33.5 Å². The molecule has 4 heteroatoms. The third-order valence-electron chi connectivity index (χ3n) is 7.00. The van der Waals surface area contributed by atoms with Gasteiger partial charge in [-0.05, 0) is 45.1 Å². The number of benzene rings is 4. The van der Waals surface area contributed by atoms with E-state index in [1.807, 2.05) is 101 Å². The molecule has 0 fully saturated rings. The van der Waals surface area contributed by atoms with E-state index in [-0.39, 0.29) is 5.91 Å². The second-order valence-electron chi connectivity index (χ2n) is 8.79. The predicted octanol–water partition coefficient (Wildman–Crippen LogP) is 6.29. The van der Waals surface area contributed by atoms with Crippen molar-refractivity contribution < 1.29 is 4.79 Å². The van der Waals surface area contributed by atoms with Gasteiger partial charge in [0.1, 0.15) is 11.1 Å². The molecule has 35 heavy (non-hydrogen) atoms. The van der Waals surface area contributed by atoms with Gasteiger partial charge in [-0.2, -0.15) is 11.3 Å². The fraction of sp³-hybridized carbons (Fsp3) is 0.0645. The summed E-state index contributed by atoms with van der Waals surface area (Å²) in [7, 11) is 0. The average Bonchev–Trinajstić information content (AvgIpc) is 3.55. The lowest BCUT2D eigenvalue weighted by Crippen LogP contribution is -2.56. The molecule has 0 saturated carbocycles. The highest BCUT2D eigenvalue weighted by Crippen LogP contribution is 2.53. The van der Waals surface area contributed by atoms with Crippen molar-refractivity contribution in [3.05, 3.63) is 160 Å². The van der Waals surface area contributed by atoms with Gasteiger partial charge < -0.3 is 5.73 Å². The molecule has 5 aromatic rings. The van der Waals surface area contributed by atoms with E-state index in [2.05, 4.69) is 36.4 Å². The monoisotopic (exact) mass is 472 g/mol. The molecule has 0 saturated heterocycles. The Morgan fingerprint density at radius 2 is 1.14 bits per heavy atom. The van der Waals surface area contributed by atoms with Crippen molar-refractivity contribution in [3.8, 4) is 0 Å². The first kappa shape index (κ1) is 21.5. The lowest BCUT2D eigenvalue weighted by atomic mass is 9.75. The van der Waals surface area contributed by atoms with Crippen molar-refractivity contribution in [2.45, 2.75) is 11.1 Å². The fourth-order valence-corrected chi connectivity index (χ4v) is 6.14. The second kappa shape index (κ2) is 8.35. The zero-order valence-corrected chi connectivity index (χ0v) is 19.9. The first-order valence-corrected chi connectivity index (χ1v) is 12.5. The molecule has 0 bridgehead atoms. The molecule has 0 spiro atoms. The molecule has 0 unspecified atom stereocenters. The van der Waals surface area contributed by atoms with E-state index in [0.29, 0.717) is 0 Å². The van der Waals surface area contributed by atoms with Gasteiger partial charge in [-0.3, -0.25) is 9.69 Å². The smallest absolute Gasteiger partial charge is 0.257 e. The molecule has 1 atom stereocenters. The Bertz CT molecular complexity index is 1370. The Balaban J connectivity index is 1.75. The summed E-state index contributed by atoms with van der Waals surface area (Å²) >= 11 is 1.55. The van der Waals surface area contributed by atoms with Gasteiger partial charge in [0.05, 0.1) is 5.69 Å². The zero-order chi connectivity index (χ0) is 23.9. The minimum Gasteiger partial charge on any atom is -0.310 e. The van der Waals surface area contributed by atoms with Crippen molar-refractivity contribution >= 4 is 22.9 Å². The van der Waals surface area contributed by atoms with E-state index in [4.69, 9.17) is 5.73 Å². The summed E-state index contributed by atoms with van der Waals surface area (Å²) in [6.07, 6.45) is 0. The standard InChI is InChI=1S/C31H24N2OS/c32-30(26-20-21-35-22-26)27-18-10-11-19-28(27)33(29(30)34)31(23-12-4-1-5-13-23,24-14-6-2-7-15-24)25-16-8-3-9-17-25/h1-22H,32H2/t30-/m1/s1. The SMILES string of the molecule is N[C@@]1(c2ccsc2)C(=O)N(C(c2ccccc2)(c2ccccc2)c2ccccc2)c2ccccc21. The molecular weight excluding hydrogens is 448 g/mol. The van der Waals surface area contributed by atoms with Crippen molar-refractivity contribution in [2.24, 2.45) is 5.73 Å². The Morgan fingerprint density at radius 1 is 0.657 bits per heavy atom. The van der Waals surface area contributed by atoms with Gasteiger partial charge in [0, 0.05) is 5.56 Å². The molecule has 2 heterocycles. The summed E-state index contributed by atoms with van der Waals surface area (Å²) in [4.78, 5) is 16.7. The number of amides is 1. The Kier molecular flexibility index (Phi) is 5.14. The van der Waals surface area contributed by atoms with Crippen LogP contribution in [0.25, 0.3) is 0 Å². The molecule has 1 aliphatic heterocycles. The summed E-state index contributed by atoms with van der Waals surface area (Å²) in [6, 6.07) is 40.6. The first-order chi connectivity index (χ1) is 17.2. The number of hydrogen-bond acceptors (Lipinski definition) is 3. The van der Waals surface area contributed by atoms with Gasteiger partial charge in [-0.1, -0.05) is 109 Å². The maximum atomic E-state index is 14.8. The van der Waals surface area contributed by atoms with Crippen LogP contribution in [0.15, 0.2) is 132 Å². The molecule has 1 amide bonds. The number of rotatable bonds is 5. The van der Waals surface area contributed by atoms with Crippen LogP contribution in [0.3, 0.4) is 0 Å². The molecule has 1 aromatic heterocycles. The van der Waals surface area contributed by atoms with Crippen LogP contribution in [-0.2, 0) is 15.9 Å². The quantitative estimate of drug-likeness (QED) is 0.306. The third-order valence-corrected chi connectivity index (χ3v) is 7.68. The van der Waals surface area contributed by atoms with Crippen LogP contribution >= 0.6 is 11.3 Å². The van der Waals surface area contributed by atoms with E-state index in [9.17, 15) is 4.79 Å². The van der Waals surface area contributed by atoms with Gasteiger partial charge in [-0.15, -0.1) is 0 Å². The largest absolute Gasteiger partial charge is 0.310 e. The summed E-state index contributed by atoms with van der Waals surface area (Å²) in [5.41, 5.74) is 10.4. The lowest BCUT2D eigenvalue weighted by Gasteiger charge is -2.44. The Hall–Kier alpha value is -3.99. The molecule has 2 N–H and O–H groups in total. The number of hydrogen-bond donors (Lipinski definition) is 1. The topological polar surface area (TPSA) is 46.3 Å². The van der Waals surface area contributed by atoms with Gasteiger partial charge >= 0.3 is 0 Å². The molecular formula is C31H24N2OS. The summed E-state index contributed by atoms with van der Waals surface area (Å²) < 4.78 is 0. The van der Waals surface area contributed by atoms with Crippen LogP contribution in [0.4, 0.5) is 5.69 Å². The number of carbonyl (C=O) groups is 1. The number of nitrogens with two attached hydrogens (primary N) is 1. The summed E-state index contributed by atoms with van der Waals surface area (Å²) in [6.45, 7) is 0. The highest BCUT2D eigenvalue weighted by Gasteiger charge is 2.57. The molecule has 170 valence electrons. The lowest BCUT2D eigenvalue weighted by molar-refractivity contribution is -0.122. The molecule has 1 aliphatic rings. The molecule has 0 aliphatic carbocycles. The van der Waals surface area contributed by atoms with E-state index >= 15 is 0 Å². The first-order valence-electron chi connectivity index (χ1n) is 11.6. The molecule has 0 radical (unpaired) electrons. The summed E-state index contributed by atoms with van der Waals surface area (Å²) in [5, 5.41) is 3.95. The van der Waals surface area contributed by atoms with Crippen LogP contribution < -0.4 is 10.6 Å². The number of fused-ring (bicyclic) bond motifs is 1. The summed E-state index contributed by atoms with van der Waals surface area (Å²) in [5.74, 6) is -0.145.